The molecule has 1 N–H and O–H groups in total. The minimum absolute atomic E-state index is 0.348. The second-order valence-electron chi connectivity index (χ2n) is 2.61. The first-order valence-electron chi connectivity index (χ1n) is 3.46. The van der Waals surface area contributed by atoms with E-state index in [0.29, 0.717) is 16.7 Å². The van der Waals surface area contributed by atoms with Crippen molar-refractivity contribution in [2.45, 2.75) is 6.92 Å². The number of oxazole rings is 1. The Morgan fingerprint density at radius 2 is 2.25 bits per heavy atom. The van der Waals surface area contributed by atoms with Crippen LogP contribution in [0.2, 0.25) is 0 Å². The molecule has 0 atom stereocenters. The minimum Gasteiger partial charge on any atom is -0.408 e. The van der Waals surface area contributed by atoms with Gasteiger partial charge in [-0.25, -0.2) is 9.18 Å². The molecule has 1 aromatic carbocycles. The highest BCUT2D eigenvalue weighted by molar-refractivity contribution is 5.72. The molecule has 12 heavy (non-hydrogen) atoms. The third kappa shape index (κ3) is 0.922. The quantitative estimate of drug-likeness (QED) is 0.647. The summed E-state index contributed by atoms with van der Waals surface area (Å²) >= 11 is 0. The first-order valence-corrected chi connectivity index (χ1v) is 3.46. The minimum atomic E-state index is -0.560. The highest BCUT2D eigenvalue weighted by atomic mass is 19.1. The number of halogens is 1. The molecule has 0 spiro atoms. The average Bonchev–Trinajstić information content (AvgIpc) is 2.30. The van der Waals surface area contributed by atoms with Gasteiger partial charge < -0.3 is 4.42 Å². The van der Waals surface area contributed by atoms with Crippen LogP contribution in [0.25, 0.3) is 11.1 Å². The predicted molar refractivity (Wildman–Crippen MR) is 41.5 cm³/mol. The Labute approximate surface area is 66.8 Å². The lowest BCUT2D eigenvalue weighted by atomic mass is 10.2. The molecule has 0 unspecified atom stereocenters. The highest BCUT2D eigenvalue weighted by Crippen LogP contribution is 2.14. The average molecular weight is 167 g/mol. The zero-order valence-electron chi connectivity index (χ0n) is 6.35. The van der Waals surface area contributed by atoms with Crippen molar-refractivity contribution >= 4 is 11.1 Å². The molecule has 0 aliphatic carbocycles. The van der Waals surface area contributed by atoms with E-state index in [0.717, 1.165) is 0 Å². The van der Waals surface area contributed by atoms with Crippen LogP contribution in [0.5, 0.6) is 0 Å². The van der Waals surface area contributed by atoms with Gasteiger partial charge in [-0.2, -0.15) is 0 Å². The molecule has 0 amide bonds. The van der Waals surface area contributed by atoms with Crippen molar-refractivity contribution in [3.63, 3.8) is 0 Å². The number of rotatable bonds is 0. The summed E-state index contributed by atoms with van der Waals surface area (Å²) in [4.78, 5) is 13.0. The Morgan fingerprint density at radius 1 is 1.50 bits per heavy atom. The van der Waals surface area contributed by atoms with Crippen LogP contribution in [0.1, 0.15) is 5.56 Å². The topological polar surface area (TPSA) is 46.0 Å². The molecule has 0 bridgehead atoms. The van der Waals surface area contributed by atoms with Gasteiger partial charge in [0.2, 0.25) is 0 Å². The third-order valence-electron chi connectivity index (χ3n) is 1.70. The fourth-order valence-electron chi connectivity index (χ4n) is 1.07. The van der Waals surface area contributed by atoms with Crippen LogP contribution in [-0.4, -0.2) is 4.98 Å². The van der Waals surface area contributed by atoms with Crippen molar-refractivity contribution in [2.75, 3.05) is 0 Å². The number of aromatic nitrogens is 1. The molecule has 2 rings (SSSR count). The number of hydrogen-bond acceptors (Lipinski definition) is 2. The normalized spacial score (nSPS) is 10.8. The van der Waals surface area contributed by atoms with Gasteiger partial charge in [-0.15, -0.1) is 0 Å². The lowest BCUT2D eigenvalue weighted by Gasteiger charge is -1.92. The summed E-state index contributed by atoms with van der Waals surface area (Å²) in [6, 6.07) is 2.73. The summed E-state index contributed by atoms with van der Waals surface area (Å²) in [5.41, 5.74) is 1.24. The fourth-order valence-corrected chi connectivity index (χ4v) is 1.07. The number of aryl methyl sites for hydroxylation is 1. The number of benzene rings is 1. The summed E-state index contributed by atoms with van der Waals surface area (Å²) < 4.78 is 17.6. The van der Waals surface area contributed by atoms with Crippen LogP contribution >= 0.6 is 0 Å². The Morgan fingerprint density at radius 3 is 3.00 bits per heavy atom. The molecule has 0 radical (unpaired) electrons. The standard InChI is InChI=1S/C8H6FNO2/c1-4-2-7-6(3-5(4)9)10-8(11)12-7/h2-3H,1H3,(H,10,11). The molecular formula is C8H6FNO2. The van der Waals surface area contributed by atoms with Crippen molar-refractivity contribution in [1.82, 2.24) is 4.98 Å². The smallest absolute Gasteiger partial charge is 0.408 e. The van der Waals surface area contributed by atoms with Crippen LogP contribution in [-0.2, 0) is 0 Å². The van der Waals surface area contributed by atoms with E-state index in [-0.39, 0.29) is 5.82 Å². The lowest BCUT2D eigenvalue weighted by molar-refractivity contribution is 0.554. The predicted octanol–water partition coefficient (Wildman–Crippen LogP) is 1.57. The molecule has 0 saturated carbocycles. The Hall–Kier alpha value is -1.58. The molecule has 0 aliphatic heterocycles. The maximum Gasteiger partial charge on any atom is 0.417 e. The van der Waals surface area contributed by atoms with Crippen LogP contribution < -0.4 is 5.76 Å². The maximum absolute atomic E-state index is 12.9. The summed E-state index contributed by atoms with van der Waals surface area (Å²) in [5, 5.41) is 0. The molecule has 1 heterocycles. The Bertz CT molecular complexity index is 441. The largest absolute Gasteiger partial charge is 0.417 e. The number of fused-ring (bicyclic) bond motifs is 1. The SMILES string of the molecule is Cc1cc2oc(=O)[nH]c2cc1F. The zero-order chi connectivity index (χ0) is 8.72. The number of aromatic amines is 1. The van der Waals surface area contributed by atoms with Crippen molar-refractivity contribution in [3.8, 4) is 0 Å². The lowest BCUT2D eigenvalue weighted by Crippen LogP contribution is -1.92. The van der Waals surface area contributed by atoms with Crippen LogP contribution in [0, 0.1) is 12.7 Å². The number of nitrogens with one attached hydrogen (secondary N) is 1. The van der Waals surface area contributed by atoms with E-state index < -0.39 is 5.76 Å². The van der Waals surface area contributed by atoms with Gasteiger partial charge in [-0.3, -0.25) is 4.98 Å². The molecule has 4 heteroatoms. The Kier molecular flexibility index (Phi) is 1.30. The van der Waals surface area contributed by atoms with Gasteiger partial charge in [-0.05, 0) is 18.6 Å². The highest BCUT2D eigenvalue weighted by Gasteiger charge is 2.04. The van der Waals surface area contributed by atoms with Crippen molar-refractivity contribution < 1.29 is 8.81 Å². The molecular weight excluding hydrogens is 161 g/mol. The van der Waals surface area contributed by atoms with Gasteiger partial charge in [0.1, 0.15) is 5.82 Å². The molecule has 1 aromatic heterocycles. The van der Waals surface area contributed by atoms with Gasteiger partial charge in [-0.1, -0.05) is 0 Å². The van der Waals surface area contributed by atoms with Gasteiger partial charge in [0, 0.05) is 6.07 Å². The van der Waals surface area contributed by atoms with E-state index in [1.807, 2.05) is 0 Å². The zero-order valence-corrected chi connectivity index (χ0v) is 6.35. The summed E-state index contributed by atoms with van der Waals surface area (Å²) in [7, 11) is 0. The van der Waals surface area contributed by atoms with E-state index >= 15 is 0 Å². The second-order valence-corrected chi connectivity index (χ2v) is 2.61. The van der Waals surface area contributed by atoms with Gasteiger partial charge in [0.25, 0.3) is 0 Å². The monoisotopic (exact) mass is 167 g/mol. The molecule has 3 nitrogen and oxygen atoms in total. The second kappa shape index (κ2) is 2.20. The van der Waals surface area contributed by atoms with Gasteiger partial charge >= 0.3 is 5.76 Å². The van der Waals surface area contributed by atoms with Crippen molar-refractivity contribution in [1.29, 1.82) is 0 Å². The van der Waals surface area contributed by atoms with Crippen LogP contribution in [0.15, 0.2) is 21.3 Å². The number of hydrogen-bond donors (Lipinski definition) is 1. The van der Waals surface area contributed by atoms with E-state index in [1.165, 1.54) is 12.1 Å². The Balaban J connectivity index is 2.92. The first kappa shape index (κ1) is 7.09. The summed E-state index contributed by atoms with van der Waals surface area (Å²) in [6.45, 7) is 1.61. The van der Waals surface area contributed by atoms with Crippen LogP contribution in [0.3, 0.4) is 0 Å². The van der Waals surface area contributed by atoms with Crippen molar-refractivity contribution in [3.05, 3.63) is 34.1 Å². The van der Waals surface area contributed by atoms with Gasteiger partial charge in [0.15, 0.2) is 5.58 Å². The summed E-state index contributed by atoms with van der Waals surface area (Å²) in [6.07, 6.45) is 0. The summed E-state index contributed by atoms with van der Waals surface area (Å²) in [5.74, 6) is -0.908. The third-order valence-corrected chi connectivity index (χ3v) is 1.70. The van der Waals surface area contributed by atoms with Crippen LogP contribution in [0.4, 0.5) is 4.39 Å². The number of H-pyrrole nitrogens is 1. The molecule has 0 aliphatic rings. The first-order chi connectivity index (χ1) is 5.66. The van der Waals surface area contributed by atoms with E-state index in [1.54, 1.807) is 6.92 Å². The molecule has 0 saturated heterocycles. The van der Waals surface area contributed by atoms with Crippen molar-refractivity contribution in [2.24, 2.45) is 0 Å². The fraction of sp³-hybridized carbons (Fsp3) is 0.125. The maximum atomic E-state index is 12.9. The van der Waals surface area contributed by atoms with E-state index in [9.17, 15) is 9.18 Å². The van der Waals surface area contributed by atoms with E-state index in [4.69, 9.17) is 4.42 Å². The molecule has 0 fully saturated rings. The molecule has 62 valence electrons. The van der Waals surface area contributed by atoms with E-state index in [2.05, 4.69) is 4.98 Å². The van der Waals surface area contributed by atoms with Gasteiger partial charge in [0.05, 0.1) is 5.52 Å². The molecule has 2 aromatic rings.